The summed E-state index contributed by atoms with van der Waals surface area (Å²) >= 11 is 5.82. The normalized spacial score (nSPS) is 12.2. The van der Waals surface area contributed by atoms with E-state index in [1.807, 2.05) is 32.2 Å². The monoisotopic (exact) mass is 292 g/mol. The molecule has 4 nitrogen and oxygen atoms in total. The summed E-state index contributed by atoms with van der Waals surface area (Å²) in [6.45, 7) is 4.34. The second-order valence-corrected chi connectivity index (χ2v) is 5.15. The maximum atomic E-state index is 11.8. The highest BCUT2D eigenvalue weighted by atomic mass is 35.5. The van der Waals surface area contributed by atoms with Crippen molar-refractivity contribution < 1.29 is 9.53 Å². The number of esters is 1. The number of hydrogen-bond acceptors (Lipinski definition) is 3. The van der Waals surface area contributed by atoms with Gasteiger partial charge in [0.1, 0.15) is 6.10 Å². The van der Waals surface area contributed by atoms with Crippen molar-refractivity contribution in [2.45, 2.75) is 32.9 Å². The fraction of sp³-hybridized carbons (Fsp3) is 0.333. The molecule has 2 aromatic rings. The van der Waals surface area contributed by atoms with Crippen LogP contribution >= 0.6 is 11.6 Å². The van der Waals surface area contributed by atoms with Crippen LogP contribution in [0.2, 0.25) is 5.02 Å². The number of nitrogens with zero attached hydrogens (tertiary/aromatic N) is 2. The van der Waals surface area contributed by atoms with E-state index in [2.05, 4.69) is 5.10 Å². The Hall–Kier alpha value is -1.81. The number of hydrogen-bond donors (Lipinski definition) is 0. The molecule has 0 saturated heterocycles. The van der Waals surface area contributed by atoms with E-state index < -0.39 is 0 Å². The zero-order valence-corrected chi connectivity index (χ0v) is 12.3. The molecule has 1 unspecified atom stereocenters. The first-order valence-corrected chi connectivity index (χ1v) is 6.86. The molecule has 0 amide bonds. The van der Waals surface area contributed by atoms with Crippen molar-refractivity contribution in [3.05, 3.63) is 52.8 Å². The van der Waals surface area contributed by atoms with Gasteiger partial charge >= 0.3 is 5.97 Å². The summed E-state index contributed by atoms with van der Waals surface area (Å²) in [7, 11) is 0. The largest absolute Gasteiger partial charge is 0.458 e. The van der Waals surface area contributed by atoms with Crippen LogP contribution in [0.4, 0.5) is 0 Å². The Morgan fingerprint density at radius 3 is 2.70 bits per heavy atom. The Labute approximate surface area is 123 Å². The fourth-order valence-corrected chi connectivity index (χ4v) is 1.98. The van der Waals surface area contributed by atoms with E-state index in [-0.39, 0.29) is 12.1 Å². The predicted octanol–water partition coefficient (Wildman–Crippen LogP) is 3.54. The molecule has 1 aromatic carbocycles. The molecule has 0 saturated carbocycles. The van der Waals surface area contributed by atoms with Gasteiger partial charge in [0.15, 0.2) is 0 Å². The van der Waals surface area contributed by atoms with Crippen LogP contribution in [0.5, 0.6) is 0 Å². The quantitative estimate of drug-likeness (QED) is 0.792. The van der Waals surface area contributed by atoms with E-state index >= 15 is 0 Å². The van der Waals surface area contributed by atoms with E-state index in [4.69, 9.17) is 16.3 Å². The zero-order valence-electron chi connectivity index (χ0n) is 11.5. The molecular weight excluding hydrogens is 276 g/mol. The smallest absolute Gasteiger partial charge is 0.308 e. The van der Waals surface area contributed by atoms with Gasteiger partial charge in [0.2, 0.25) is 0 Å². The van der Waals surface area contributed by atoms with Gasteiger partial charge in [-0.25, -0.2) is 0 Å². The number of halogens is 1. The Morgan fingerprint density at radius 1 is 1.40 bits per heavy atom. The first kappa shape index (κ1) is 14.6. The maximum absolute atomic E-state index is 11.8. The molecular formula is C15H17ClN2O2. The SMILES string of the molecule is Cc1cnn(CCC(=O)OC(C)c2ccc(Cl)cc2)c1. The molecule has 0 fully saturated rings. The standard InChI is InChI=1S/C15H17ClN2O2/c1-11-9-17-18(10-11)8-7-15(19)20-12(2)13-3-5-14(16)6-4-13/h3-6,9-10,12H,7-8H2,1-2H3. The van der Waals surface area contributed by atoms with Crippen molar-refractivity contribution in [3.8, 4) is 0 Å². The highest BCUT2D eigenvalue weighted by Crippen LogP contribution is 2.19. The average Bonchev–Trinajstić information content (AvgIpc) is 2.83. The minimum absolute atomic E-state index is 0.236. The van der Waals surface area contributed by atoms with Gasteiger partial charge in [-0.2, -0.15) is 5.10 Å². The van der Waals surface area contributed by atoms with E-state index in [0.717, 1.165) is 11.1 Å². The third-order valence-electron chi connectivity index (χ3n) is 2.96. The number of ether oxygens (including phenoxy) is 1. The van der Waals surface area contributed by atoms with Gasteiger partial charge in [-0.1, -0.05) is 23.7 Å². The molecule has 0 radical (unpaired) electrons. The molecule has 0 aliphatic heterocycles. The van der Waals surface area contributed by atoms with Crippen LogP contribution in [-0.2, 0) is 16.1 Å². The number of rotatable bonds is 5. The number of benzene rings is 1. The van der Waals surface area contributed by atoms with Gasteiger partial charge in [-0.3, -0.25) is 9.48 Å². The summed E-state index contributed by atoms with van der Waals surface area (Å²) in [5, 5.41) is 4.80. The summed E-state index contributed by atoms with van der Waals surface area (Å²) < 4.78 is 7.12. The Balaban J connectivity index is 1.83. The van der Waals surface area contributed by atoms with E-state index in [0.29, 0.717) is 18.0 Å². The Bertz CT molecular complexity index is 578. The predicted molar refractivity (Wildman–Crippen MR) is 77.5 cm³/mol. The third kappa shape index (κ3) is 4.10. The van der Waals surface area contributed by atoms with Crippen molar-refractivity contribution in [2.75, 3.05) is 0 Å². The molecule has 5 heteroatoms. The van der Waals surface area contributed by atoms with Crippen LogP contribution in [0.25, 0.3) is 0 Å². The molecule has 0 aliphatic carbocycles. The van der Waals surface area contributed by atoms with Crippen LogP contribution in [0.1, 0.15) is 30.6 Å². The van der Waals surface area contributed by atoms with Crippen LogP contribution in [0.15, 0.2) is 36.7 Å². The summed E-state index contributed by atoms with van der Waals surface area (Å²) in [5.74, 6) is -0.236. The minimum Gasteiger partial charge on any atom is -0.458 e. The molecule has 1 atom stereocenters. The molecule has 1 aromatic heterocycles. The third-order valence-corrected chi connectivity index (χ3v) is 3.21. The molecule has 0 bridgehead atoms. The number of aromatic nitrogens is 2. The van der Waals surface area contributed by atoms with Gasteiger partial charge < -0.3 is 4.74 Å². The highest BCUT2D eigenvalue weighted by molar-refractivity contribution is 6.30. The molecule has 0 spiro atoms. The highest BCUT2D eigenvalue weighted by Gasteiger charge is 2.11. The summed E-state index contributed by atoms with van der Waals surface area (Å²) in [6, 6.07) is 7.29. The number of aryl methyl sites for hydroxylation is 2. The lowest BCUT2D eigenvalue weighted by molar-refractivity contribution is -0.148. The van der Waals surface area contributed by atoms with Crippen LogP contribution in [0.3, 0.4) is 0 Å². The second kappa shape index (κ2) is 6.57. The first-order valence-electron chi connectivity index (χ1n) is 6.48. The van der Waals surface area contributed by atoms with Gasteiger partial charge in [-0.15, -0.1) is 0 Å². The van der Waals surface area contributed by atoms with Crippen LogP contribution in [-0.4, -0.2) is 15.7 Å². The molecule has 0 aliphatic rings. The maximum Gasteiger partial charge on any atom is 0.308 e. The fourth-order valence-electron chi connectivity index (χ4n) is 1.85. The van der Waals surface area contributed by atoms with Gasteiger partial charge in [0.25, 0.3) is 0 Å². The molecule has 0 N–H and O–H groups in total. The van der Waals surface area contributed by atoms with E-state index in [1.165, 1.54) is 0 Å². The van der Waals surface area contributed by atoms with Crippen LogP contribution in [0, 0.1) is 6.92 Å². The summed E-state index contributed by atoms with van der Waals surface area (Å²) in [6.07, 6.45) is 3.69. The van der Waals surface area contributed by atoms with E-state index in [9.17, 15) is 4.79 Å². The molecule has 20 heavy (non-hydrogen) atoms. The summed E-state index contributed by atoms with van der Waals surface area (Å²) in [4.78, 5) is 11.8. The van der Waals surface area contributed by atoms with Gasteiger partial charge in [0, 0.05) is 11.2 Å². The Kier molecular flexibility index (Phi) is 4.79. The zero-order chi connectivity index (χ0) is 14.5. The van der Waals surface area contributed by atoms with Gasteiger partial charge in [-0.05, 0) is 37.1 Å². The topological polar surface area (TPSA) is 44.1 Å². The number of carbonyl (C=O) groups is 1. The van der Waals surface area contributed by atoms with E-state index in [1.54, 1.807) is 23.0 Å². The van der Waals surface area contributed by atoms with Gasteiger partial charge in [0.05, 0.1) is 19.2 Å². The van der Waals surface area contributed by atoms with Crippen molar-refractivity contribution >= 4 is 17.6 Å². The number of carbonyl (C=O) groups excluding carboxylic acids is 1. The van der Waals surface area contributed by atoms with Crippen LogP contribution < -0.4 is 0 Å². The van der Waals surface area contributed by atoms with Crippen molar-refractivity contribution in [1.29, 1.82) is 0 Å². The second-order valence-electron chi connectivity index (χ2n) is 4.71. The lowest BCUT2D eigenvalue weighted by Gasteiger charge is -2.13. The molecule has 1 heterocycles. The van der Waals surface area contributed by atoms with Crippen molar-refractivity contribution in [1.82, 2.24) is 9.78 Å². The summed E-state index contributed by atoms with van der Waals surface area (Å²) in [5.41, 5.74) is 2.01. The lowest BCUT2D eigenvalue weighted by Crippen LogP contribution is -2.12. The Morgan fingerprint density at radius 2 is 2.10 bits per heavy atom. The lowest BCUT2D eigenvalue weighted by atomic mass is 10.1. The molecule has 106 valence electrons. The molecule has 2 rings (SSSR count). The van der Waals surface area contributed by atoms with Crippen molar-refractivity contribution in [3.63, 3.8) is 0 Å². The average molecular weight is 293 g/mol. The minimum atomic E-state index is -0.279. The first-order chi connectivity index (χ1) is 9.54. The van der Waals surface area contributed by atoms with Crippen molar-refractivity contribution in [2.24, 2.45) is 0 Å².